The topological polar surface area (TPSA) is 171 Å². The number of terminal acetylenes is 2. The van der Waals surface area contributed by atoms with Gasteiger partial charge in [-0.2, -0.15) is 0 Å². The molecule has 13 heteroatoms. The Bertz CT molecular complexity index is 1700. The van der Waals surface area contributed by atoms with E-state index < -0.39 is 68.5 Å². The van der Waals surface area contributed by atoms with E-state index in [1.54, 1.807) is 39.0 Å². The van der Waals surface area contributed by atoms with Gasteiger partial charge in [-0.25, -0.2) is 13.2 Å². The zero-order chi connectivity index (χ0) is 37.8. The van der Waals surface area contributed by atoms with Gasteiger partial charge in [0.15, 0.2) is 9.84 Å². The summed E-state index contributed by atoms with van der Waals surface area (Å²) in [6.07, 6.45) is 14.1. The number of ketones is 1. The molecular formula is C38H51N5O7S. The van der Waals surface area contributed by atoms with Crippen LogP contribution in [-0.4, -0.2) is 85.4 Å². The maximum Gasteiger partial charge on any atom is 0.315 e. The number of urea groups is 1. The van der Waals surface area contributed by atoms with Crippen molar-refractivity contribution in [3.05, 3.63) is 30.3 Å². The normalized spacial score (nSPS) is 22.9. The maximum absolute atomic E-state index is 14.5. The largest absolute Gasteiger partial charge is 0.344 e. The highest BCUT2D eigenvalue weighted by atomic mass is 32.2. The van der Waals surface area contributed by atoms with Gasteiger partial charge in [-0.05, 0) is 54.1 Å². The average molecular weight is 722 g/mol. The zero-order valence-electron chi connectivity index (χ0n) is 30.2. The van der Waals surface area contributed by atoms with Crippen LogP contribution in [0.15, 0.2) is 35.2 Å². The molecule has 0 bridgehead atoms. The van der Waals surface area contributed by atoms with E-state index in [1.807, 2.05) is 13.8 Å². The Labute approximate surface area is 301 Å². The number of carbonyl (C=O) groups excluding carboxylic acids is 5. The molecule has 4 N–H and O–H groups in total. The number of benzene rings is 1. The van der Waals surface area contributed by atoms with E-state index in [0.29, 0.717) is 12.8 Å². The molecule has 51 heavy (non-hydrogen) atoms. The van der Waals surface area contributed by atoms with Gasteiger partial charge in [0.2, 0.25) is 17.6 Å². The third kappa shape index (κ3) is 8.93. The van der Waals surface area contributed by atoms with Crippen LogP contribution in [-0.2, 0) is 29.0 Å². The Morgan fingerprint density at radius 3 is 2.22 bits per heavy atom. The van der Waals surface area contributed by atoms with Crippen molar-refractivity contribution in [3.8, 4) is 24.7 Å². The van der Waals surface area contributed by atoms with Gasteiger partial charge in [0, 0.05) is 13.0 Å². The molecule has 0 radical (unpaired) electrons. The molecule has 1 aromatic carbocycles. The number of likely N-dealkylation sites (tertiary alicyclic amines) is 1. The van der Waals surface area contributed by atoms with Crippen LogP contribution in [0.1, 0.15) is 79.6 Å². The number of nitrogens with one attached hydrogen (secondary N) is 4. The first-order valence-electron chi connectivity index (χ1n) is 17.5. The van der Waals surface area contributed by atoms with Crippen molar-refractivity contribution in [2.75, 3.05) is 18.8 Å². The fourth-order valence-electron chi connectivity index (χ4n) is 7.77. The summed E-state index contributed by atoms with van der Waals surface area (Å²) >= 11 is 0. The molecule has 12 nitrogen and oxygen atoms in total. The Hall–Kier alpha value is -4.36. The first-order chi connectivity index (χ1) is 23.9. The highest BCUT2D eigenvalue weighted by Crippen LogP contribution is 2.65. The minimum Gasteiger partial charge on any atom is -0.344 e. The van der Waals surface area contributed by atoms with Crippen LogP contribution in [0.25, 0.3) is 0 Å². The molecule has 2 unspecified atom stereocenters. The van der Waals surface area contributed by atoms with Gasteiger partial charge >= 0.3 is 6.03 Å². The Morgan fingerprint density at radius 2 is 1.63 bits per heavy atom. The molecule has 1 aromatic rings. The highest BCUT2D eigenvalue weighted by Gasteiger charge is 2.70. The molecule has 3 aliphatic rings. The van der Waals surface area contributed by atoms with Crippen molar-refractivity contribution >= 4 is 39.4 Å². The van der Waals surface area contributed by atoms with Crippen LogP contribution in [0.5, 0.6) is 0 Å². The molecule has 5 atom stereocenters. The van der Waals surface area contributed by atoms with E-state index in [9.17, 15) is 32.4 Å². The molecule has 2 aliphatic carbocycles. The quantitative estimate of drug-likeness (QED) is 0.179. The maximum atomic E-state index is 14.5. The van der Waals surface area contributed by atoms with Gasteiger partial charge in [0.25, 0.3) is 5.91 Å². The van der Waals surface area contributed by atoms with E-state index in [-0.39, 0.29) is 53.8 Å². The first-order valence-corrected chi connectivity index (χ1v) is 19.2. The molecule has 3 fully saturated rings. The summed E-state index contributed by atoms with van der Waals surface area (Å²) in [6.45, 7) is 9.51. The molecule has 4 rings (SSSR count). The lowest BCUT2D eigenvalue weighted by molar-refractivity contribution is -0.145. The van der Waals surface area contributed by atoms with E-state index in [2.05, 4.69) is 33.1 Å². The number of sulfone groups is 1. The van der Waals surface area contributed by atoms with Crippen LogP contribution in [0.3, 0.4) is 0 Å². The monoisotopic (exact) mass is 721 g/mol. The molecule has 5 amide bonds. The number of hydrogen-bond donors (Lipinski definition) is 4. The fraction of sp³-hybridized carbons (Fsp3) is 0.605. The second-order valence-electron chi connectivity index (χ2n) is 15.8. The first kappa shape index (κ1) is 39.4. The van der Waals surface area contributed by atoms with Gasteiger partial charge in [0.05, 0.1) is 28.8 Å². The summed E-state index contributed by atoms with van der Waals surface area (Å²) in [7, 11) is -3.74. The van der Waals surface area contributed by atoms with Crippen molar-refractivity contribution in [2.45, 2.75) is 108 Å². The van der Waals surface area contributed by atoms with Crippen molar-refractivity contribution in [2.24, 2.45) is 22.7 Å². The predicted octanol–water partition coefficient (Wildman–Crippen LogP) is 2.58. The van der Waals surface area contributed by atoms with E-state index in [0.717, 1.165) is 19.3 Å². The minimum atomic E-state index is -3.74. The minimum absolute atomic E-state index is 0.000802. The summed E-state index contributed by atoms with van der Waals surface area (Å²) in [6, 6.07) is 4.17. The summed E-state index contributed by atoms with van der Waals surface area (Å²) in [5.41, 5.74) is -2.11. The van der Waals surface area contributed by atoms with Crippen LogP contribution in [0, 0.1) is 47.4 Å². The molecule has 276 valence electrons. The van der Waals surface area contributed by atoms with Crippen molar-refractivity contribution in [3.63, 3.8) is 0 Å². The molecule has 2 saturated carbocycles. The van der Waals surface area contributed by atoms with Crippen molar-refractivity contribution < 1.29 is 32.4 Å². The Balaban J connectivity index is 1.56. The third-order valence-corrected chi connectivity index (χ3v) is 12.6. The molecule has 0 aromatic heterocycles. The predicted molar refractivity (Wildman–Crippen MR) is 192 cm³/mol. The van der Waals surface area contributed by atoms with Crippen LogP contribution in [0.2, 0.25) is 0 Å². The second kappa shape index (κ2) is 15.5. The van der Waals surface area contributed by atoms with Gasteiger partial charge in [-0.1, -0.05) is 78.0 Å². The van der Waals surface area contributed by atoms with Gasteiger partial charge in [0.1, 0.15) is 12.1 Å². The SMILES string of the molecule is C#CCCC(NC(=O)[C@@H]1[C@@H]2C(CN1C(=O)[C@@H](NC(=O)NC1(CS(=O)(=O)c3ccccc3)CCCCC1)C(C)(C)C)C2(C)C)C(=O)C(=O)NCC#C. The molecule has 1 heterocycles. The lowest BCUT2D eigenvalue weighted by Crippen LogP contribution is -2.63. The summed E-state index contributed by atoms with van der Waals surface area (Å²) in [5, 5.41) is 10.8. The van der Waals surface area contributed by atoms with E-state index in [4.69, 9.17) is 12.8 Å². The number of carbonyl (C=O) groups is 5. The third-order valence-electron chi connectivity index (χ3n) is 10.7. The van der Waals surface area contributed by atoms with Crippen LogP contribution in [0.4, 0.5) is 4.79 Å². The number of rotatable bonds is 13. The molecular weight excluding hydrogens is 671 g/mol. The Morgan fingerprint density at radius 1 is 0.980 bits per heavy atom. The van der Waals surface area contributed by atoms with Gasteiger partial charge in [-0.15, -0.1) is 18.8 Å². The van der Waals surface area contributed by atoms with Gasteiger partial charge < -0.3 is 26.2 Å². The molecule has 1 saturated heterocycles. The van der Waals surface area contributed by atoms with Gasteiger partial charge in [-0.3, -0.25) is 19.2 Å². The summed E-state index contributed by atoms with van der Waals surface area (Å²) in [4.78, 5) is 69.4. The van der Waals surface area contributed by atoms with Crippen molar-refractivity contribution in [1.82, 2.24) is 26.2 Å². The number of Topliss-reactive ketones (excluding diaryl/α,β-unsaturated/α-hetero) is 1. The highest BCUT2D eigenvalue weighted by molar-refractivity contribution is 7.91. The number of hydrogen-bond acceptors (Lipinski definition) is 7. The second-order valence-corrected chi connectivity index (χ2v) is 17.7. The number of piperidine rings is 1. The average Bonchev–Trinajstić information content (AvgIpc) is 3.38. The number of fused-ring (bicyclic) bond motifs is 1. The Kier molecular flexibility index (Phi) is 12.0. The molecule has 1 aliphatic heterocycles. The number of amides is 5. The van der Waals surface area contributed by atoms with E-state index >= 15 is 0 Å². The zero-order valence-corrected chi connectivity index (χ0v) is 31.0. The smallest absolute Gasteiger partial charge is 0.315 e. The molecule has 0 spiro atoms. The summed E-state index contributed by atoms with van der Waals surface area (Å²) in [5.74, 6) is 1.24. The summed E-state index contributed by atoms with van der Waals surface area (Å²) < 4.78 is 26.9. The van der Waals surface area contributed by atoms with Crippen molar-refractivity contribution in [1.29, 1.82) is 0 Å². The number of nitrogens with zero attached hydrogens (tertiary/aromatic N) is 1. The lowest BCUT2D eigenvalue weighted by atomic mass is 9.83. The van der Waals surface area contributed by atoms with Crippen LogP contribution < -0.4 is 21.3 Å². The fourth-order valence-corrected chi connectivity index (χ4v) is 9.60. The van der Waals surface area contributed by atoms with Crippen LogP contribution >= 0.6 is 0 Å². The lowest BCUT2D eigenvalue weighted by Gasteiger charge is -2.40. The standard InChI is InChI=1S/C38H51N5O7S/c1-8-10-19-27(30(44)33(46)39-22-9-2)40-32(45)29-28-26(37(28,6)7)23-43(29)34(47)31(36(3,4)5)41-35(48)42-38(20-15-12-16-21-38)24-51(49,50)25-17-13-11-14-18-25/h1-2,11,13-14,17-18,26-29,31H,10,12,15-16,19-24H2,3-7H3,(H,39,46)(H,40,45)(H2,41,42,48)/t26?,27?,28-,29-,31+/m0/s1. The van der Waals surface area contributed by atoms with E-state index in [1.165, 1.54) is 17.0 Å².